The number of aromatic nitrogens is 3. The minimum Gasteiger partial charge on any atom is -0.502 e. The van der Waals surface area contributed by atoms with Crippen LogP contribution >= 0.6 is 0 Å². The summed E-state index contributed by atoms with van der Waals surface area (Å²) in [6.45, 7) is 0.216. The molecule has 7 nitrogen and oxygen atoms in total. The van der Waals surface area contributed by atoms with Crippen molar-refractivity contribution in [3.05, 3.63) is 75.1 Å². The first-order valence-corrected chi connectivity index (χ1v) is 7.79. The molecule has 8 heteroatoms. The topological polar surface area (TPSA) is 97.2 Å². The summed E-state index contributed by atoms with van der Waals surface area (Å²) in [5.41, 5.74) is -0.0202. The van der Waals surface area contributed by atoms with Crippen LogP contribution in [0.5, 0.6) is 11.5 Å². The normalized spacial score (nSPS) is 10.7. The number of rotatable bonds is 5. The Morgan fingerprint density at radius 1 is 1.27 bits per heavy atom. The van der Waals surface area contributed by atoms with Crippen molar-refractivity contribution in [3.63, 3.8) is 0 Å². The van der Waals surface area contributed by atoms with Crippen LogP contribution in [0.1, 0.15) is 5.69 Å². The number of aromatic hydroxyl groups is 1. The minimum atomic E-state index is -0.632. The second-order valence-corrected chi connectivity index (χ2v) is 5.57. The van der Waals surface area contributed by atoms with Gasteiger partial charge in [-0.05, 0) is 23.8 Å². The predicted octanol–water partition coefficient (Wildman–Crippen LogP) is 1.69. The zero-order chi connectivity index (χ0) is 18.7. The third-order valence-electron chi connectivity index (χ3n) is 3.98. The maximum absolute atomic E-state index is 14.1. The number of aryl methyl sites for hydroxylation is 2. The average molecular weight is 357 g/mol. The Labute approximate surface area is 147 Å². The molecule has 0 aliphatic heterocycles. The molecule has 2 aromatic heterocycles. The van der Waals surface area contributed by atoms with Crippen molar-refractivity contribution >= 4 is 0 Å². The largest absolute Gasteiger partial charge is 0.502 e. The van der Waals surface area contributed by atoms with Crippen LogP contribution in [0.2, 0.25) is 0 Å². The number of nitrogens with one attached hydrogen (secondary N) is 1. The predicted molar refractivity (Wildman–Crippen MR) is 92.9 cm³/mol. The van der Waals surface area contributed by atoms with E-state index in [2.05, 4.69) is 9.97 Å². The Morgan fingerprint density at radius 2 is 2.08 bits per heavy atom. The summed E-state index contributed by atoms with van der Waals surface area (Å²) in [5.74, 6) is -0.554. The van der Waals surface area contributed by atoms with Gasteiger partial charge in [-0.2, -0.15) is 0 Å². The fraction of sp³-hybridized carbons (Fsp3) is 0.167. The number of nitrogens with zero attached hydrogens (tertiary/aromatic N) is 2. The molecule has 0 amide bonds. The lowest BCUT2D eigenvalue weighted by atomic mass is 10.1. The van der Waals surface area contributed by atoms with Crippen LogP contribution in [0, 0.1) is 5.82 Å². The smallest absolute Gasteiger partial charge is 0.293 e. The second kappa shape index (κ2) is 7.22. The second-order valence-electron chi connectivity index (χ2n) is 5.57. The van der Waals surface area contributed by atoms with Crippen molar-refractivity contribution in [2.24, 2.45) is 0 Å². The van der Waals surface area contributed by atoms with Gasteiger partial charge >= 0.3 is 0 Å². The van der Waals surface area contributed by atoms with E-state index in [9.17, 15) is 19.1 Å². The first kappa shape index (κ1) is 17.4. The van der Waals surface area contributed by atoms with Crippen LogP contribution < -0.4 is 15.9 Å². The minimum absolute atomic E-state index is 0.200. The summed E-state index contributed by atoms with van der Waals surface area (Å²) >= 11 is 0. The fourth-order valence-electron chi connectivity index (χ4n) is 2.56. The molecule has 134 valence electrons. The number of hydrogen-bond donors (Lipinski definition) is 2. The molecule has 1 aromatic carbocycles. The lowest BCUT2D eigenvalue weighted by Crippen LogP contribution is -2.20. The monoisotopic (exact) mass is 357 g/mol. The molecule has 2 N–H and O–H groups in total. The van der Waals surface area contributed by atoms with Gasteiger partial charge < -0.3 is 19.4 Å². The Bertz CT molecular complexity index is 1060. The molecule has 0 saturated heterocycles. The van der Waals surface area contributed by atoms with Crippen molar-refractivity contribution in [1.82, 2.24) is 14.5 Å². The van der Waals surface area contributed by atoms with Crippen LogP contribution in [-0.4, -0.2) is 26.8 Å². The summed E-state index contributed by atoms with van der Waals surface area (Å²) in [7, 11) is 1.45. The Kier molecular flexibility index (Phi) is 4.83. The Hall–Kier alpha value is -3.42. The van der Waals surface area contributed by atoms with E-state index < -0.39 is 17.1 Å². The number of ether oxygens (including phenoxy) is 1. The maximum Gasteiger partial charge on any atom is 0.293 e. The molecule has 0 saturated carbocycles. The third kappa shape index (κ3) is 3.49. The Morgan fingerprint density at radius 3 is 2.77 bits per heavy atom. The first-order valence-electron chi connectivity index (χ1n) is 7.79. The Balaban J connectivity index is 1.83. The molecule has 0 fully saturated rings. The zero-order valence-corrected chi connectivity index (χ0v) is 13.9. The van der Waals surface area contributed by atoms with Crippen LogP contribution in [0.15, 0.2) is 52.4 Å². The van der Waals surface area contributed by atoms with E-state index in [-0.39, 0.29) is 24.2 Å². The van der Waals surface area contributed by atoms with Crippen molar-refractivity contribution < 1.29 is 14.2 Å². The molecular weight excluding hydrogens is 341 g/mol. The summed E-state index contributed by atoms with van der Waals surface area (Å²) < 4.78 is 20.5. The number of halogens is 1. The van der Waals surface area contributed by atoms with Gasteiger partial charge in [0.15, 0.2) is 0 Å². The quantitative estimate of drug-likeness (QED) is 0.724. The van der Waals surface area contributed by atoms with E-state index in [1.165, 1.54) is 36.3 Å². The van der Waals surface area contributed by atoms with E-state index in [0.29, 0.717) is 16.9 Å². The lowest BCUT2D eigenvalue weighted by molar-refractivity contribution is 0.411. The number of pyridine rings is 1. The van der Waals surface area contributed by atoms with Gasteiger partial charge in [0.25, 0.3) is 11.1 Å². The highest BCUT2D eigenvalue weighted by Gasteiger charge is 2.10. The van der Waals surface area contributed by atoms with Gasteiger partial charge in [-0.1, -0.05) is 0 Å². The van der Waals surface area contributed by atoms with Crippen LogP contribution in [0.3, 0.4) is 0 Å². The molecule has 3 aromatic rings. The molecule has 0 spiro atoms. The standard InChI is InChI=1S/C18H16FN3O4/c1-26-12-2-3-13(14(19)9-12)11-4-6-22(16(23)8-11)7-5-15-17(24)18(25)21-10-20-15/h2-4,6,8-10,24H,5,7H2,1H3,(H,20,21,25). The number of methoxy groups -OCH3 is 1. The molecule has 0 aliphatic carbocycles. The first-order chi connectivity index (χ1) is 12.5. The van der Waals surface area contributed by atoms with Gasteiger partial charge in [0, 0.05) is 36.9 Å². The van der Waals surface area contributed by atoms with Crippen LogP contribution in [0.4, 0.5) is 4.39 Å². The number of benzene rings is 1. The summed E-state index contributed by atoms with van der Waals surface area (Å²) in [4.78, 5) is 29.8. The molecule has 0 aliphatic rings. The summed E-state index contributed by atoms with van der Waals surface area (Å²) in [5, 5.41) is 9.67. The lowest BCUT2D eigenvalue weighted by Gasteiger charge is -2.09. The molecular formula is C18H16FN3O4. The number of hydrogen-bond acceptors (Lipinski definition) is 5. The van der Waals surface area contributed by atoms with Crippen molar-refractivity contribution in [1.29, 1.82) is 0 Å². The van der Waals surface area contributed by atoms with Gasteiger partial charge in [0.2, 0.25) is 5.75 Å². The molecule has 0 unspecified atom stereocenters. The van der Waals surface area contributed by atoms with Crippen molar-refractivity contribution in [3.8, 4) is 22.6 Å². The highest BCUT2D eigenvalue weighted by molar-refractivity contribution is 5.64. The van der Waals surface area contributed by atoms with Gasteiger partial charge in [-0.3, -0.25) is 9.59 Å². The molecule has 3 rings (SSSR count). The van der Waals surface area contributed by atoms with E-state index in [1.54, 1.807) is 18.2 Å². The zero-order valence-electron chi connectivity index (χ0n) is 13.9. The average Bonchev–Trinajstić information content (AvgIpc) is 2.63. The summed E-state index contributed by atoms with van der Waals surface area (Å²) in [6, 6.07) is 7.37. The van der Waals surface area contributed by atoms with E-state index >= 15 is 0 Å². The molecule has 0 radical (unpaired) electrons. The molecule has 26 heavy (non-hydrogen) atoms. The van der Waals surface area contributed by atoms with Crippen molar-refractivity contribution in [2.45, 2.75) is 13.0 Å². The van der Waals surface area contributed by atoms with Crippen molar-refractivity contribution in [2.75, 3.05) is 7.11 Å². The molecule has 0 atom stereocenters. The van der Waals surface area contributed by atoms with Gasteiger partial charge in [0.1, 0.15) is 11.6 Å². The van der Waals surface area contributed by atoms with E-state index in [0.717, 1.165) is 0 Å². The van der Waals surface area contributed by atoms with Gasteiger partial charge in [0.05, 0.1) is 19.1 Å². The van der Waals surface area contributed by atoms with Gasteiger partial charge in [-0.25, -0.2) is 9.37 Å². The molecule has 2 heterocycles. The SMILES string of the molecule is COc1ccc(-c2ccn(CCc3nc[nH]c(=O)c3O)c(=O)c2)c(F)c1. The molecule has 0 bridgehead atoms. The highest BCUT2D eigenvalue weighted by atomic mass is 19.1. The highest BCUT2D eigenvalue weighted by Crippen LogP contribution is 2.25. The fourth-order valence-corrected chi connectivity index (χ4v) is 2.56. The third-order valence-corrected chi connectivity index (χ3v) is 3.98. The number of aromatic amines is 1. The number of H-pyrrole nitrogens is 1. The van der Waals surface area contributed by atoms with Crippen LogP contribution in [0.25, 0.3) is 11.1 Å². The van der Waals surface area contributed by atoms with Crippen LogP contribution in [-0.2, 0) is 13.0 Å². The van der Waals surface area contributed by atoms with E-state index in [4.69, 9.17) is 4.74 Å². The maximum atomic E-state index is 14.1. The van der Waals surface area contributed by atoms with Gasteiger partial charge in [-0.15, -0.1) is 0 Å². The van der Waals surface area contributed by atoms with E-state index in [1.807, 2.05) is 0 Å². The summed E-state index contributed by atoms with van der Waals surface area (Å²) in [6.07, 6.45) is 2.92.